The van der Waals surface area contributed by atoms with Crippen LogP contribution in [-0.4, -0.2) is 24.8 Å². The van der Waals surface area contributed by atoms with Crippen molar-refractivity contribution in [2.24, 2.45) is 21.3 Å². The number of halogens is 1. The maximum Gasteiger partial charge on any atom is 0.316 e. The molecule has 1 aliphatic heterocycles. The number of allylic oxidation sites excluding steroid dienone is 1. The zero-order valence-electron chi connectivity index (χ0n) is 22.5. The van der Waals surface area contributed by atoms with Crippen LogP contribution in [0.3, 0.4) is 0 Å². The smallest absolute Gasteiger partial charge is 0.316 e. The number of aliphatic imine (C=N–C) groups is 2. The summed E-state index contributed by atoms with van der Waals surface area (Å²) in [4.78, 5) is 21.9. The lowest BCUT2D eigenvalue weighted by Gasteiger charge is -2.19. The van der Waals surface area contributed by atoms with Crippen LogP contribution in [0.1, 0.15) is 76.6 Å². The van der Waals surface area contributed by atoms with Crippen molar-refractivity contribution in [1.29, 1.82) is 0 Å². The third-order valence-electron chi connectivity index (χ3n) is 6.11. The number of amidine groups is 1. The first-order valence-corrected chi connectivity index (χ1v) is 12.9. The van der Waals surface area contributed by atoms with Crippen molar-refractivity contribution in [3.63, 3.8) is 0 Å². The van der Waals surface area contributed by atoms with Crippen molar-refractivity contribution in [2.75, 3.05) is 7.11 Å². The van der Waals surface area contributed by atoms with Gasteiger partial charge in [0.1, 0.15) is 0 Å². The zero-order valence-corrected chi connectivity index (χ0v) is 23.3. The lowest BCUT2D eigenvalue weighted by Crippen LogP contribution is -2.34. The van der Waals surface area contributed by atoms with Gasteiger partial charge in [-0.3, -0.25) is 4.79 Å². The van der Waals surface area contributed by atoms with Crippen molar-refractivity contribution < 1.29 is 9.53 Å². The van der Waals surface area contributed by atoms with E-state index in [0.29, 0.717) is 23.5 Å². The van der Waals surface area contributed by atoms with Gasteiger partial charge in [0, 0.05) is 22.5 Å². The third-order valence-corrected chi connectivity index (χ3v) is 6.44. The number of hydrogen-bond donors (Lipinski definition) is 1. The normalized spacial score (nSPS) is 16.7. The first-order valence-electron chi connectivity index (χ1n) is 12.5. The molecule has 6 heteroatoms. The van der Waals surface area contributed by atoms with Crippen molar-refractivity contribution in [3.05, 3.63) is 75.3 Å². The summed E-state index contributed by atoms with van der Waals surface area (Å²) in [6, 6.07) is 14.7. The minimum absolute atomic E-state index is 0.000791. The van der Waals surface area contributed by atoms with E-state index in [1.165, 1.54) is 5.56 Å². The predicted molar refractivity (Wildman–Crippen MR) is 151 cm³/mol. The Labute approximate surface area is 220 Å². The molecule has 0 saturated heterocycles. The van der Waals surface area contributed by atoms with Crippen LogP contribution < -0.4 is 5.32 Å². The van der Waals surface area contributed by atoms with Gasteiger partial charge in [-0.05, 0) is 66.5 Å². The third kappa shape index (κ3) is 7.30. The van der Waals surface area contributed by atoms with Crippen LogP contribution in [0.2, 0.25) is 5.02 Å². The molecule has 5 nitrogen and oxygen atoms in total. The molecule has 1 N–H and O–H groups in total. The Morgan fingerprint density at radius 1 is 1.06 bits per heavy atom. The first-order chi connectivity index (χ1) is 17.0. The van der Waals surface area contributed by atoms with Crippen LogP contribution in [0, 0.1) is 11.3 Å². The number of ether oxygens (including phenoxy) is 1. The van der Waals surface area contributed by atoms with Crippen LogP contribution >= 0.6 is 11.6 Å². The molecule has 0 aliphatic carbocycles. The number of nitrogens with zero attached hydrogens (tertiary/aromatic N) is 2. The van der Waals surface area contributed by atoms with Crippen molar-refractivity contribution in [1.82, 2.24) is 5.32 Å². The summed E-state index contributed by atoms with van der Waals surface area (Å²) in [5, 5.41) is 3.60. The van der Waals surface area contributed by atoms with E-state index in [2.05, 4.69) is 50.4 Å². The molecule has 1 aliphatic rings. The van der Waals surface area contributed by atoms with Gasteiger partial charge in [0.15, 0.2) is 0 Å². The minimum Gasteiger partial charge on any atom is -0.467 e. The first kappa shape index (κ1) is 27.7. The fourth-order valence-corrected chi connectivity index (χ4v) is 4.23. The Bertz CT molecular complexity index is 1190. The van der Waals surface area contributed by atoms with Gasteiger partial charge in [-0.15, -0.1) is 0 Å². The highest BCUT2D eigenvalue weighted by Crippen LogP contribution is 2.32. The van der Waals surface area contributed by atoms with Gasteiger partial charge in [-0.25, -0.2) is 0 Å². The van der Waals surface area contributed by atoms with E-state index < -0.39 is 5.41 Å². The van der Waals surface area contributed by atoms with E-state index in [-0.39, 0.29) is 5.91 Å². The highest BCUT2D eigenvalue weighted by Gasteiger charge is 2.21. The SMILES string of the molecule is COC1=N/C(c2cc(CNC(=O)C(C)(C)C)ccc2Cl)=C(\C)CCC(c2ccc(CC(C)C)cc2)=N1. The van der Waals surface area contributed by atoms with E-state index in [4.69, 9.17) is 26.3 Å². The highest BCUT2D eigenvalue weighted by molar-refractivity contribution is 6.32. The summed E-state index contributed by atoms with van der Waals surface area (Å²) in [6.07, 6.45) is 2.62. The van der Waals surface area contributed by atoms with Crippen LogP contribution in [0.25, 0.3) is 5.70 Å². The number of methoxy groups -OCH3 is 1. The second-order valence-corrected chi connectivity index (χ2v) is 11.2. The minimum atomic E-state index is -0.448. The van der Waals surface area contributed by atoms with E-state index in [9.17, 15) is 4.79 Å². The maximum absolute atomic E-state index is 12.3. The summed E-state index contributed by atoms with van der Waals surface area (Å²) in [6.45, 7) is 12.6. The largest absolute Gasteiger partial charge is 0.467 e. The highest BCUT2D eigenvalue weighted by atomic mass is 35.5. The fraction of sp³-hybridized carbons (Fsp3) is 0.433. The molecule has 2 aromatic carbocycles. The number of nitrogens with one attached hydrogen (secondary N) is 1. The predicted octanol–water partition coefficient (Wildman–Crippen LogP) is 7.22. The Hall–Kier alpha value is -2.92. The summed E-state index contributed by atoms with van der Waals surface area (Å²) in [5.74, 6) is 0.618. The monoisotopic (exact) mass is 507 g/mol. The molecule has 2 aromatic rings. The second-order valence-electron chi connectivity index (χ2n) is 10.8. The topological polar surface area (TPSA) is 63.0 Å². The average molecular weight is 508 g/mol. The average Bonchev–Trinajstić information content (AvgIpc) is 2.81. The van der Waals surface area contributed by atoms with Crippen molar-refractivity contribution >= 4 is 34.9 Å². The van der Waals surface area contributed by atoms with Gasteiger partial charge in [-0.2, -0.15) is 9.98 Å². The second kappa shape index (κ2) is 11.9. The molecule has 0 saturated carbocycles. The summed E-state index contributed by atoms with van der Waals surface area (Å²) in [7, 11) is 1.58. The standard InChI is InChI=1S/C30H38ClN3O2/c1-19(2)16-21-9-12-23(13-10-21)26-15-8-20(3)27(34-29(33-26)36-7)24-17-22(11-14-25(24)31)18-32-28(35)30(4,5)6/h9-14,17,19H,8,15-16,18H2,1-7H3,(H,32,35)/b27-20+,33-26?,34-29?. The van der Waals surface area contributed by atoms with Crippen LogP contribution in [-0.2, 0) is 22.5 Å². The molecule has 1 amide bonds. The number of hydrogen-bond acceptors (Lipinski definition) is 4. The molecule has 0 atom stereocenters. The maximum atomic E-state index is 12.3. The number of carbonyl (C=O) groups is 1. The molecule has 192 valence electrons. The van der Waals surface area contributed by atoms with Crippen LogP contribution in [0.5, 0.6) is 0 Å². The summed E-state index contributed by atoms with van der Waals surface area (Å²) >= 11 is 6.62. The van der Waals surface area contributed by atoms with Gasteiger partial charge in [-0.1, -0.05) is 76.6 Å². The van der Waals surface area contributed by atoms with Gasteiger partial charge < -0.3 is 10.1 Å². The molecule has 0 fully saturated rings. The number of carbonyl (C=O) groups excluding carboxylic acids is 1. The van der Waals surface area contributed by atoms with E-state index in [1.54, 1.807) is 7.11 Å². The number of rotatable bonds is 6. The van der Waals surface area contributed by atoms with Gasteiger partial charge in [0.25, 0.3) is 0 Å². The quantitative estimate of drug-likeness (QED) is 0.448. The van der Waals surface area contributed by atoms with Gasteiger partial charge >= 0.3 is 6.02 Å². The van der Waals surface area contributed by atoms with Crippen LogP contribution in [0.15, 0.2) is 58.0 Å². The zero-order chi connectivity index (χ0) is 26.5. The van der Waals surface area contributed by atoms with Crippen LogP contribution in [0.4, 0.5) is 0 Å². The van der Waals surface area contributed by atoms with E-state index >= 15 is 0 Å². The fourth-order valence-electron chi connectivity index (χ4n) is 4.02. The molecule has 0 spiro atoms. The molecular weight excluding hydrogens is 470 g/mol. The molecule has 0 bridgehead atoms. The Balaban J connectivity index is 1.91. The molecule has 36 heavy (non-hydrogen) atoms. The number of benzene rings is 2. The molecule has 3 rings (SSSR count). The Morgan fingerprint density at radius 3 is 2.33 bits per heavy atom. The van der Waals surface area contributed by atoms with Gasteiger partial charge in [0.05, 0.1) is 18.5 Å². The lowest BCUT2D eigenvalue weighted by molar-refractivity contribution is -0.128. The molecule has 1 heterocycles. The number of amides is 1. The van der Waals surface area contributed by atoms with E-state index in [1.807, 2.05) is 39.0 Å². The Morgan fingerprint density at radius 2 is 1.72 bits per heavy atom. The van der Waals surface area contributed by atoms with Crippen molar-refractivity contribution in [3.8, 4) is 0 Å². The summed E-state index contributed by atoms with van der Waals surface area (Å²) < 4.78 is 5.57. The van der Waals surface area contributed by atoms with Gasteiger partial charge in [0.2, 0.25) is 5.91 Å². The molecular formula is C30H38ClN3O2. The Kier molecular flexibility index (Phi) is 9.13. The molecule has 0 aromatic heterocycles. The van der Waals surface area contributed by atoms with E-state index in [0.717, 1.165) is 52.9 Å². The molecule has 0 radical (unpaired) electrons. The molecule has 0 unspecified atom stereocenters. The lowest BCUT2D eigenvalue weighted by atomic mass is 9.95. The summed E-state index contributed by atoms with van der Waals surface area (Å²) in [5.41, 5.74) is 6.54. The van der Waals surface area contributed by atoms with Crippen molar-refractivity contribution in [2.45, 2.75) is 67.3 Å².